The van der Waals surface area contributed by atoms with Gasteiger partial charge in [-0.15, -0.1) is 0 Å². The van der Waals surface area contributed by atoms with Crippen molar-refractivity contribution in [3.05, 3.63) is 18.2 Å². The van der Waals surface area contributed by atoms with Crippen molar-refractivity contribution in [3.8, 4) is 11.5 Å². The summed E-state index contributed by atoms with van der Waals surface area (Å²) in [5.74, 6) is 1.56. The first-order chi connectivity index (χ1) is 7.27. The van der Waals surface area contributed by atoms with Crippen LogP contribution in [0.4, 0.5) is 0 Å². The van der Waals surface area contributed by atoms with Gasteiger partial charge < -0.3 is 18.9 Å². The molecule has 0 saturated carbocycles. The molecule has 0 saturated heterocycles. The summed E-state index contributed by atoms with van der Waals surface area (Å²) in [6, 6.07) is 5.57. The molecule has 1 aromatic carbocycles. The summed E-state index contributed by atoms with van der Waals surface area (Å²) in [7, 11) is 5.12. The van der Waals surface area contributed by atoms with E-state index < -0.39 is 0 Å². The Morgan fingerprint density at radius 3 is 2.33 bits per heavy atom. The minimum atomic E-state index is 0.248. The predicted octanol–water partition coefficient (Wildman–Crippen LogP) is -0.0896. The maximum atomic E-state index is 5.34. The van der Waals surface area contributed by atoms with E-state index in [1.54, 1.807) is 14.2 Å². The largest absolute Gasteiger partial charge is 0.468 e. The van der Waals surface area contributed by atoms with E-state index in [0.717, 1.165) is 17.0 Å². The topological polar surface area (TPSA) is 36.9 Å². The zero-order valence-electron chi connectivity index (χ0n) is 9.28. The molecule has 1 aromatic rings. The highest BCUT2D eigenvalue weighted by molar-refractivity contribution is 6.34. The molecule has 82 valence electrons. The van der Waals surface area contributed by atoms with Crippen LogP contribution in [-0.2, 0) is 9.47 Å². The maximum absolute atomic E-state index is 5.34. The van der Waals surface area contributed by atoms with Crippen LogP contribution in [-0.4, -0.2) is 35.7 Å². The molecular weight excluding hydrogens is 195 g/mol. The molecule has 5 heteroatoms. The second-order valence-electron chi connectivity index (χ2n) is 3.03. The molecule has 0 spiro atoms. The lowest BCUT2D eigenvalue weighted by atomic mass is 9.95. The third-order valence-electron chi connectivity index (χ3n) is 1.82. The first-order valence-electron chi connectivity index (χ1n) is 4.62. The molecule has 0 atom stereocenters. The van der Waals surface area contributed by atoms with Crippen molar-refractivity contribution >= 4 is 13.3 Å². The average Bonchev–Trinajstić information content (AvgIpc) is 2.25. The van der Waals surface area contributed by atoms with E-state index in [9.17, 15) is 0 Å². The fourth-order valence-corrected chi connectivity index (χ4v) is 1.12. The van der Waals surface area contributed by atoms with Crippen molar-refractivity contribution in [1.82, 2.24) is 0 Å². The Kier molecular flexibility index (Phi) is 5.00. The molecule has 0 N–H and O–H groups in total. The minimum Gasteiger partial charge on any atom is -0.468 e. The smallest absolute Gasteiger partial charge is 0.188 e. The van der Waals surface area contributed by atoms with Crippen LogP contribution in [0.15, 0.2) is 18.2 Å². The molecule has 0 aliphatic heterocycles. The van der Waals surface area contributed by atoms with Crippen LogP contribution < -0.4 is 14.9 Å². The SMILES string of the molecule is Bc1cc(OCOC)ccc1OCOC. The zero-order chi connectivity index (χ0) is 11.1. The van der Waals surface area contributed by atoms with Crippen LogP contribution in [0.3, 0.4) is 0 Å². The fraction of sp³-hybridized carbons (Fsp3) is 0.400. The van der Waals surface area contributed by atoms with E-state index in [-0.39, 0.29) is 13.6 Å². The molecule has 0 bridgehead atoms. The molecule has 1 rings (SSSR count). The molecule has 0 aliphatic carbocycles. The molecule has 0 heterocycles. The zero-order valence-corrected chi connectivity index (χ0v) is 9.28. The Hall–Kier alpha value is -1.20. The fourth-order valence-electron chi connectivity index (χ4n) is 1.12. The van der Waals surface area contributed by atoms with Crippen molar-refractivity contribution in [2.45, 2.75) is 0 Å². The Morgan fingerprint density at radius 1 is 1.07 bits per heavy atom. The van der Waals surface area contributed by atoms with Gasteiger partial charge in [0.25, 0.3) is 0 Å². The minimum absolute atomic E-state index is 0.248. The summed E-state index contributed by atoms with van der Waals surface area (Å²) < 4.78 is 20.3. The van der Waals surface area contributed by atoms with Gasteiger partial charge in [-0.05, 0) is 23.7 Å². The normalized spacial score (nSPS) is 10.0. The number of hydrogen-bond acceptors (Lipinski definition) is 4. The first-order valence-corrected chi connectivity index (χ1v) is 4.62. The molecule has 0 unspecified atom stereocenters. The Bertz CT molecular complexity index is 303. The van der Waals surface area contributed by atoms with Gasteiger partial charge in [0.15, 0.2) is 13.6 Å². The third-order valence-corrected chi connectivity index (χ3v) is 1.82. The van der Waals surface area contributed by atoms with E-state index in [4.69, 9.17) is 18.9 Å². The summed E-state index contributed by atoms with van der Waals surface area (Å²) in [5.41, 5.74) is 1.00. The second-order valence-corrected chi connectivity index (χ2v) is 3.03. The van der Waals surface area contributed by atoms with Gasteiger partial charge in [-0.25, -0.2) is 0 Å². The predicted molar refractivity (Wildman–Crippen MR) is 59.6 cm³/mol. The van der Waals surface area contributed by atoms with Gasteiger partial charge in [-0.3, -0.25) is 0 Å². The number of ether oxygens (including phenoxy) is 4. The van der Waals surface area contributed by atoms with Gasteiger partial charge in [0, 0.05) is 14.2 Å². The lowest BCUT2D eigenvalue weighted by Crippen LogP contribution is -2.12. The lowest BCUT2D eigenvalue weighted by Gasteiger charge is -2.10. The van der Waals surface area contributed by atoms with Crippen LogP contribution >= 0.6 is 0 Å². The molecule has 4 nitrogen and oxygen atoms in total. The standard InChI is InChI=1S/C10H15BO4/c1-12-6-14-8-3-4-10(9(11)5-8)15-7-13-2/h3-5H,6-7,11H2,1-2H3. The lowest BCUT2D eigenvalue weighted by molar-refractivity contribution is 0.0489. The molecule has 0 amide bonds. The van der Waals surface area contributed by atoms with Gasteiger partial charge in [0.1, 0.15) is 19.3 Å². The van der Waals surface area contributed by atoms with Crippen LogP contribution in [0.5, 0.6) is 11.5 Å². The Morgan fingerprint density at radius 2 is 1.73 bits per heavy atom. The highest BCUT2D eigenvalue weighted by atomic mass is 16.7. The van der Waals surface area contributed by atoms with Crippen molar-refractivity contribution < 1.29 is 18.9 Å². The molecule has 0 aromatic heterocycles. The van der Waals surface area contributed by atoms with E-state index in [1.165, 1.54) is 0 Å². The molecule has 0 aliphatic rings. The van der Waals surface area contributed by atoms with Gasteiger partial charge in [0.2, 0.25) is 0 Å². The van der Waals surface area contributed by atoms with Crippen LogP contribution in [0, 0.1) is 0 Å². The molecule has 0 fully saturated rings. The quantitative estimate of drug-likeness (QED) is 0.485. The molecular formula is C10H15BO4. The average molecular weight is 210 g/mol. The van der Waals surface area contributed by atoms with Crippen molar-refractivity contribution in [2.24, 2.45) is 0 Å². The highest BCUT2D eigenvalue weighted by Crippen LogP contribution is 2.14. The van der Waals surface area contributed by atoms with Crippen molar-refractivity contribution in [3.63, 3.8) is 0 Å². The van der Waals surface area contributed by atoms with E-state index in [0.29, 0.717) is 0 Å². The van der Waals surface area contributed by atoms with E-state index >= 15 is 0 Å². The van der Waals surface area contributed by atoms with Crippen molar-refractivity contribution in [2.75, 3.05) is 27.8 Å². The molecule has 15 heavy (non-hydrogen) atoms. The van der Waals surface area contributed by atoms with Gasteiger partial charge in [-0.1, -0.05) is 0 Å². The maximum Gasteiger partial charge on any atom is 0.188 e. The van der Waals surface area contributed by atoms with Gasteiger partial charge in [-0.2, -0.15) is 0 Å². The Balaban J connectivity index is 2.61. The summed E-state index contributed by atoms with van der Waals surface area (Å²) in [6.07, 6.45) is 0. The summed E-state index contributed by atoms with van der Waals surface area (Å²) in [4.78, 5) is 0. The molecule has 0 radical (unpaired) electrons. The van der Waals surface area contributed by atoms with E-state index in [2.05, 4.69) is 0 Å². The third kappa shape index (κ3) is 3.81. The highest BCUT2D eigenvalue weighted by Gasteiger charge is 2.01. The summed E-state index contributed by atoms with van der Waals surface area (Å²) >= 11 is 0. The number of rotatable bonds is 6. The van der Waals surface area contributed by atoms with Gasteiger partial charge >= 0.3 is 0 Å². The monoisotopic (exact) mass is 210 g/mol. The first kappa shape index (κ1) is 11.9. The van der Waals surface area contributed by atoms with Crippen LogP contribution in [0.1, 0.15) is 0 Å². The van der Waals surface area contributed by atoms with Crippen molar-refractivity contribution in [1.29, 1.82) is 0 Å². The number of hydrogen-bond donors (Lipinski definition) is 0. The summed E-state index contributed by atoms with van der Waals surface area (Å²) in [6.45, 7) is 0.497. The number of benzene rings is 1. The van der Waals surface area contributed by atoms with Gasteiger partial charge in [0.05, 0.1) is 0 Å². The van der Waals surface area contributed by atoms with Crippen LogP contribution in [0.25, 0.3) is 0 Å². The van der Waals surface area contributed by atoms with E-state index in [1.807, 2.05) is 26.0 Å². The second kappa shape index (κ2) is 6.32. The summed E-state index contributed by atoms with van der Waals surface area (Å²) in [5, 5.41) is 0. The number of methoxy groups -OCH3 is 2. The van der Waals surface area contributed by atoms with Crippen LogP contribution in [0.2, 0.25) is 0 Å². The Labute approximate surface area is 90.5 Å².